The van der Waals surface area contributed by atoms with Gasteiger partial charge in [0.1, 0.15) is 0 Å². The molecule has 0 heterocycles. The average Bonchev–Trinajstić information content (AvgIpc) is 2.23. The van der Waals surface area contributed by atoms with Crippen LogP contribution in [0.4, 0.5) is 43.9 Å². The van der Waals surface area contributed by atoms with Crippen molar-refractivity contribution >= 4 is 0 Å². The van der Waals surface area contributed by atoms with Crippen LogP contribution in [0.5, 0.6) is 0 Å². The third-order valence-electron chi connectivity index (χ3n) is 3.04. The van der Waals surface area contributed by atoms with Gasteiger partial charge in [0.15, 0.2) is 0 Å². The van der Waals surface area contributed by atoms with Gasteiger partial charge in [-0.1, -0.05) is 27.7 Å². The molecule has 0 unspecified atom stereocenters. The zero-order valence-electron chi connectivity index (χ0n) is 12.8. The van der Waals surface area contributed by atoms with Gasteiger partial charge in [0.2, 0.25) is 0 Å². The second kappa shape index (κ2) is 6.31. The van der Waals surface area contributed by atoms with Crippen molar-refractivity contribution in [3.05, 3.63) is 0 Å². The molecule has 0 aromatic heterocycles. The highest BCUT2D eigenvalue weighted by Gasteiger charge is 2.85. The minimum Gasteiger partial charge on any atom is -0.200 e. The Morgan fingerprint density at radius 2 is 0.696 bits per heavy atom. The van der Waals surface area contributed by atoms with Crippen LogP contribution in [-0.4, -0.2) is 29.6 Å². The van der Waals surface area contributed by atoms with Crippen molar-refractivity contribution in [2.45, 2.75) is 70.1 Å². The lowest BCUT2D eigenvalue weighted by molar-refractivity contribution is -0.404. The Balaban J connectivity index is 5.92. The molecule has 10 heteroatoms. The summed E-state index contributed by atoms with van der Waals surface area (Å²) in [4.78, 5) is 0. The molecule has 23 heavy (non-hydrogen) atoms. The van der Waals surface area contributed by atoms with E-state index in [1.165, 1.54) is 0 Å². The summed E-state index contributed by atoms with van der Waals surface area (Å²) in [7, 11) is 0. The molecular formula is C13H18F10. The molecule has 0 aromatic carbocycles. The highest BCUT2D eigenvalue weighted by molar-refractivity contribution is 5.08. The Morgan fingerprint density at radius 1 is 0.478 bits per heavy atom. The second-order valence-corrected chi connectivity index (χ2v) is 6.33. The summed E-state index contributed by atoms with van der Waals surface area (Å²) in [5.74, 6) is -33.9. The Hall–Kier alpha value is -0.700. The van der Waals surface area contributed by atoms with Crippen LogP contribution in [-0.2, 0) is 0 Å². The molecule has 0 bridgehead atoms. The molecule has 0 nitrogen and oxygen atoms in total. The summed E-state index contributed by atoms with van der Waals surface area (Å²) >= 11 is 0. The highest BCUT2D eigenvalue weighted by atomic mass is 19.4. The molecule has 0 saturated carbocycles. The highest BCUT2D eigenvalue weighted by Crippen LogP contribution is 2.58. The van der Waals surface area contributed by atoms with Crippen molar-refractivity contribution in [1.82, 2.24) is 0 Å². The molecule has 0 fully saturated rings. The molecule has 0 saturated heterocycles. The number of hydrogen-bond donors (Lipinski definition) is 0. The Labute approximate surface area is 127 Å². The van der Waals surface area contributed by atoms with Gasteiger partial charge in [-0.05, 0) is 11.8 Å². The normalized spacial score (nSPS) is 15.7. The maximum atomic E-state index is 13.4. The third kappa shape index (κ3) is 3.87. The molecule has 0 N–H and O–H groups in total. The van der Waals surface area contributed by atoms with Gasteiger partial charge in [0.25, 0.3) is 0 Å². The molecule has 140 valence electrons. The number of hydrogen-bond acceptors (Lipinski definition) is 0. The van der Waals surface area contributed by atoms with E-state index >= 15 is 0 Å². The van der Waals surface area contributed by atoms with E-state index in [-0.39, 0.29) is 0 Å². The van der Waals surface area contributed by atoms with E-state index in [0.717, 1.165) is 27.7 Å². The van der Waals surface area contributed by atoms with E-state index in [2.05, 4.69) is 0 Å². The summed E-state index contributed by atoms with van der Waals surface area (Å²) < 4.78 is 134. The molecule has 0 atom stereocenters. The topological polar surface area (TPSA) is 0 Å². The average molecular weight is 364 g/mol. The van der Waals surface area contributed by atoms with Gasteiger partial charge in [-0.3, -0.25) is 0 Å². The monoisotopic (exact) mass is 364 g/mol. The van der Waals surface area contributed by atoms with Crippen LogP contribution < -0.4 is 0 Å². The van der Waals surface area contributed by atoms with Gasteiger partial charge in [-0.15, -0.1) is 0 Å². The lowest BCUT2D eigenvalue weighted by atomic mass is 9.88. The van der Waals surface area contributed by atoms with E-state index in [4.69, 9.17) is 0 Å². The molecule has 0 rings (SSSR count). The fourth-order valence-electron chi connectivity index (χ4n) is 1.94. The van der Waals surface area contributed by atoms with Crippen LogP contribution in [0.25, 0.3) is 0 Å². The lowest BCUT2D eigenvalue weighted by Crippen LogP contribution is -2.67. The SMILES string of the molecule is CC(C)CC(F)(F)C(F)(F)C(F)(F)C(F)(F)C(F)(F)CC(C)C. The predicted molar refractivity (Wildman–Crippen MR) is 63.6 cm³/mol. The number of halogens is 10. The second-order valence-electron chi connectivity index (χ2n) is 6.33. The van der Waals surface area contributed by atoms with Gasteiger partial charge in [-0.2, -0.15) is 43.9 Å². The summed E-state index contributed by atoms with van der Waals surface area (Å²) in [5, 5.41) is 0. The molecule has 0 aliphatic carbocycles. The summed E-state index contributed by atoms with van der Waals surface area (Å²) in [5.41, 5.74) is 0. The molecule has 0 spiro atoms. The van der Waals surface area contributed by atoms with E-state index in [0.29, 0.717) is 0 Å². The third-order valence-corrected chi connectivity index (χ3v) is 3.04. The van der Waals surface area contributed by atoms with Crippen molar-refractivity contribution in [2.24, 2.45) is 11.8 Å². The van der Waals surface area contributed by atoms with Crippen molar-refractivity contribution in [1.29, 1.82) is 0 Å². The number of alkyl halides is 10. The maximum absolute atomic E-state index is 13.4. The van der Waals surface area contributed by atoms with Crippen molar-refractivity contribution in [3.8, 4) is 0 Å². The Morgan fingerprint density at radius 3 is 0.870 bits per heavy atom. The largest absolute Gasteiger partial charge is 0.384 e. The Bertz CT molecular complexity index is 362. The van der Waals surface area contributed by atoms with Gasteiger partial charge in [-0.25, -0.2) is 0 Å². The van der Waals surface area contributed by atoms with Crippen LogP contribution in [0.3, 0.4) is 0 Å². The summed E-state index contributed by atoms with van der Waals surface area (Å²) in [6, 6.07) is 0. The molecular weight excluding hydrogens is 346 g/mol. The van der Waals surface area contributed by atoms with Crippen LogP contribution in [0.2, 0.25) is 0 Å². The van der Waals surface area contributed by atoms with E-state index in [9.17, 15) is 43.9 Å². The summed E-state index contributed by atoms with van der Waals surface area (Å²) in [6.45, 7) is 3.86. The first-order valence-electron chi connectivity index (χ1n) is 6.72. The fraction of sp³-hybridized carbons (Fsp3) is 1.00. The number of rotatable bonds is 8. The Kier molecular flexibility index (Phi) is 6.12. The van der Waals surface area contributed by atoms with Crippen molar-refractivity contribution < 1.29 is 43.9 Å². The first kappa shape index (κ1) is 22.3. The van der Waals surface area contributed by atoms with Crippen molar-refractivity contribution in [3.63, 3.8) is 0 Å². The predicted octanol–water partition coefficient (Wildman–Crippen LogP) is 6.26. The van der Waals surface area contributed by atoms with E-state index < -0.39 is 54.3 Å². The van der Waals surface area contributed by atoms with E-state index in [1.54, 1.807) is 0 Å². The first-order chi connectivity index (χ1) is 9.83. The van der Waals surface area contributed by atoms with Gasteiger partial charge in [0, 0.05) is 12.8 Å². The zero-order chi connectivity index (χ0) is 19.1. The summed E-state index contributed by atoms with van der Waals surface area (Å²) in [6.07, 6.45) is -3.72. The van der Waals surface area contributed by atoms with Crippen LogP contribution in [0, 0.1) is 11.8 Å². The zero-order valence-corrected chi connectivity index (χ0v) is 12.8. The van der Waals surface area contributed by atoms with Gasteiger partial charge < -0.3 is 0 Å². The molecule has 0 aliphatic rings. The standard InChI is InChI=1S/C13H18F10/c1-7(2)5-9(14,15)11(18,19)13(22,23)12(20,21)10(16,17)6-8(3)4/h7-8H,5-6H2,1-4H3. The van der Waals surface area contributed by atoms with Crippen molar-refractivity contribution in [2.75, 3.05) is 0 Å². The van der Waals surface area contributed by atoms with E-state index in [1.807, 2.05) is 0 Å². The molecule has 0 radical (unpaired) electrons. The smallest absolute Gasteiger partial charge is 0.200 e. The fourth-order valence-corrected chi connectivity index (χ4v) is 1.94. The molecule has 0 amide bonds. The van der Waals surface area contributed by atoms with Gasteiger partial charge in [0.05, 0.1) is 0 Å². The lowest BCUT2D eigenvalue weighted by Gasteiger charge is -2.40. The van der Waals surface area contributed by atoms with Crippen LogP contribution in [0.15, 0.2) is 0 Å². The van der Waals surface area contributed by atoms with Gasteiger partial charge >= 0.3 is 29.6 Å². The maximum Gasteiger partial charge on any atom is 0.384 e. The molecule has 0 aromatic rings. The minimum absolute atomic E-state index is 0.966. The quantitative estimate of drug-likeness (QED) is 0.446. The molecule has 0 aliphatic heterocycles. The minimum atomic E-state index is -6.93. The first-order valence-corrected chi connectivity index (χ1v) is 6.72. The van der Waals surface area contributed by atoms with Crippen LogP contribution in [0.1, 0.15) is 40.5 Å². The van der Waals surface area contributed by atoms with Crippen LogP contribution >= 0.6 is 0 Å².